The molecule has 138 valence electrons. The maximum absolute atomic E-state index is 12.4. The van der Waals surface area contributed by atoms with E-state index in [0.29, 0.717) is 35.8 Å². The summed E-state index contributed by atoms with van der Waals surface area (Å²) in [7, 11) is 4.49. The lowest BCUT2D eigenvalue weighted by Crippen LogP contribution is -2.26. The Bertz CT molecular complexity index is 803. The number of amides is 1. The monoisotopic (exact) mass is 359 g/mol. The number of nitrogens with one attached hydrogen (secondary N) is 1. The summed E-state index contributed by atoms with van der Waals surface area (Å²) in [5.41, 5.74) is 1.33. The molecule has 0 spiro atoms. The van der Waals surface area contributed by atoms with Gasteiger partial charge in [0.2, 0.25) is 0 Å². The largest absolute Gasteiger partial charge is 0.497 e. The fourth-order valence-corrected chi connectivity index (χ4v) is 2.48. The van der Waals surface area contributed by atoms with Crippen molar-refractivity contribution in [3.63, 3.8) is 0 Å². The molecule has 0 aliphatic rings. The van der Waals surface area contributed by atoms with Crippen LogP contribution in [-0.2, 0) is 6.42 Å². The van der Waals surface area contributed by atoms with E-state index in [9.17, 15) is 9.59 Å². The lowest BCUT2D eigenvalue weighted by molar-refractivity contribution is 0.0696. The van der Waals surface area contributed by atoms with Crippen molar-refractivity contribution in [2.75, 3.05) is 27.9 Å². The van der Waals surface area contributed by atoms with E-state index in [1.54, 1.807) is 24.3 Å². The molecule has 0 aliphatic heterocycles. The molecule has 0 aromatic heterocycles. The van der Waals surface area contributed by atoms with Gasteiger partial charge in [0.15, 0.2) is 0 Å². The van der Waals surface area contributed by atoms with Gasteiger partial charge in [0, 0.05) is 6.54 Å². The number of aromatic carboxylic acids is 1. The standard InChI is InChI=1S/C19H21NO6/c1-24-14-6-7-16(25-2)15(11-14)18(21)20-9-8-12-4-5-13(19(22)23)10-17(12)26-3/h4-7,10-11H,8-9H2,1-3H3,(H,20,21)(H,22,23). The first-order chi connectivity index (χ1) is 12.5. The highest BCUT2D eigenvalue weighted by Crippen LogP contribution is 2.24. The number of rotatable bonds is 8. The van der Waals surface area contributed by atoms with E-state index in [1.165, 1.54) is 33.5 Å². The van der Waals surface area contributed by atoms with E-state index in [2.05, 4.69) is 5.32 Å². The number of hydrogen-bond acceptors (Lipinski definition) is 5. The second-order valence-electron chi connectivity index (χ2n) is 5.40. The summed E-state index contributed by atoms with van der Waals surface area (Å²) in [6.45, 7) is 0.349. The third kappa shape index (κ3) is 4.44. The summed E-state index contributed by atoms with van der Waals surface area (Å²) < 4.78 is 15.6. The second kappa shape index (κ2) is 8.75. The number of carboxylic acid groups (broad SMARTS) is 1. The first kappa shape index (κ1) is 19.1. The molecule has 0 atom stereocenters. The summed E-state index contributed by atoms with van der Waals surface area (Å²) in [5.74, 6) is 0.168. The maximum Gasteiger partial charge on any atom is 0.335 e. The average Bonchev–Trinajstić information content (AvgIpc) is 2.67. The Hall–Kier alpha value is -3.22. The number of carbonyl (C=O) groups excluding carboxylic acids is 1. The van der Waals surface area contributed by atoms with Gasteiger partial charge in [-0.15, -0.1) is 0 Å². The van der Waals surface area contributed by atoms with E-state index < -0.39 is 5.97 Å². The summed E-state index contributed by atoms with van der Waals surface area (Å²) in [6, 6.07) is 9.64. The van der Waals surface area contributed by atoms with Crippen molar-refractivity contribution in [2.45, 2.75) is 6.42 Å². The zero-order chi connectivity index (χ0) is 19.1. The Labute approximate surface area is 151 Å². The summed E-state index contributed by atoms with van der Waals surface area (Å²) >= 11 is 0. The highest BCUT2D eigenvalue weighted by molar-refractivity contribution is 5.97. The van der Waals surface area contributed by atoms with Crippen molar-refractivity contribution in [1.82, 2.24) is 5.32 Å². The molecule has 7 heteroatoms. The van der Waals surface area contributed by atoms with E-state index >= 15 is 0 Å². The average molecular weight is 359 g/mol. The van der Waals surface area contributed by atoms with Gasteiger partial charge in [0.25, 0.3) is 5.91 Å². The fourth-order valence-electron chi connectivity index (χ4n) is 2.48. The topological polar surface area (TPSA) is 94.1 Å². The number of carbonyl (C=O) groups is 2. The quantitative estimate of drug-likeness (QED) is 0.752. The Balaban J connectivity index is 2.06. The molecule has 0 fully saturated rings. The van der Waals surface area contributed by atoms with Gasteiger partial charge in [-0.05, 0) is 42.3 Å². The van der Waals surface area contributed by atoms with Crippen LogP contribution in [0.3, 0.4) is 0 Å². The Morgan fingerprint density at radius 3 is 2.31 bits per heavy atom. The van der Waals surface area contributed by atoms with Gasteiger partial charge in [0.1, 0.15) is 17.2 Å². The molecule has 2 N–H and O–H groups in total. The third-order valence-electron chi connectivity index (χ3n) is 3.87. The molecule has 0 radical (unpaired) electrons. The van der Waals surface area contributed by atoms with Crippen LogP contribution in [0.5, 0.6) is 17.2 Å². The molecule has 0 heterocycles. The smallest absolute Gasteiger partial charge is 0.335 e. The number of ether oxygens (including phenoxy) is 3. The van der Waals surface area contributed by atoms with Crippen LogP contribution in [0.1, 0.15) is 26.3 Å². The van der Waals surface area contributed by atoms with Crippen LogP contribution >= 0.6 is 0 Å². The third-order valence-corrected chi connectivity index (χ3v) is 3.87. The van der Waals surface area contributed by atoms with Crippen LogP contribution in [-0.4, -0.2) is 44.9 Å². The minimum Gasteiger partial charge on any atom is -0.497 e. The van der Waals surface area contributed by atoms with E-state index in [4.69, 9.17) is 19.3 Å². The van der Waals surface area contributed by atoms with E-state index in [1.807, 2.05) is 0 Å². The molecule has 0 saturated carbocycles. The molecule has 2 aromatic carbocycles. The molecule has 2 aromatic rings. The van der Waals surface area contributed by atoms with E-state index in [-0.39, 0.29) is 11.5 Å². The Morgan fingerprint density at radius 1 is 0.962 bits per heavy atom. The van der Waals surface area contributed by atoms with Crippen LogP contribution in [0.25, 0.3) is 0 Å². The molecule has 1 amide bonds. The molecular formula is C19H21NO6. The molecule has 0 unspecified atom stereocenters. The van der Waals surface area contributed by atoms with Gasteiger partial charge in [-0.1, -0.05) is 6.07 Å². The van der Waals surface area contributed by atoms with Crippen molar-refractivity contribution < 1.29 is 28.9 Å². The van der Waals surface area contributed by atoms with Gasteiger partial charge in [0.05, 0.1) is 32.5 Å². The minimum absolute atomic E-state index is 0.149. The maximum atomic E-state index is 12.4. The van der Waals surface area contributed by atoms with Crippen molar-refractivity contribution in [3.05, 3.63) is 53.1 Å². The molecular weight excluding hydrogens is 338 g/mol. The van der Waals surface area contributed by atoms with Gasteiger partial charge < -0.3 is 24.6 Å². The van der Waals surface area contributed by atoms with Crippen LogP contribution in [0, 0.1) is 0 Å². The Kier molecular flexibility index (Phi) is 6.43. The highest BCUT2D eigenvalue weighted by atomic mass is 16.5. The SMILES string of the molecule is COc1ccc(OC)c(C(=O)NCCc2ccc(C(=O)O)cc2OC)c1. The van der Waals surface area contributed by atoms with Crippen molar-refractivity contribution in [1.29, 1.82) is 0 Å². The summed E-state index contributed by atoms with van der Waals surface area (Å²) in [6.07, 6.45) is 0.487. The van der Waals surface area contributed by atoms with Crippen molar-refractivity contribution >= 4 is 11.9 Å². The number of benzene rings is 2. The fraction of sp³-hybridized carbons (Fsp3) is 0.263. The van der Waals surface area contributed by atoms with Gasteiger partial charge >= 0.3 is 5.97 Å². The zero-order valence-corrected chi connectivity index (χ0v) is 14.9. The molecule has 2 rings (SSSR count). The first-order valence-electron chi connectivity index (χ1n) is 7.90. The second-order valence-corrected chi connectivity index (χ2v) is 5.40. The zero-order valence-electron chi connectivity index (χ0n) is 14.9. The van der Waals surface area contributed by atoms with E-state index in [0.717, 1.165) is 5.56 Å². The lowest BCUT2D eigenvalue weighted by atomic mass is 10.1. The molecule has 0 aliphatic carbocycles. The molecule has 26 heavy (non-hydrogen) atoms. The van der Waals surface area contributed by atoms with Gasteiger partial charge in [-0.25, -0.2) is 4.79 Å². The van der Waals surface area contributed by atoms with Crippen LogP contribution in [0.15, 0.2) is 36.4 Å². The number of carboxylic acids is 1. The van der Waals surface area contributed by atoms with Crippen LogP contribution in [0.2, 0.25) is 0 Å². The van der Waals surface area contributed by atoms with Gasteiger partial charge in [-0.3, -0.25) is 4.79 Å². The first-order valence-corrected chi connectivity index (χ1v) is 7.90. The molecule has 7 nitrogen and oxygen atoms in total. The lowest BCUT2D eigenvalue weighted by Gasteiger charge is -2.12. The van der Waals surface area contributed by atoms with Crippen molar-refractivity contribution in [2.24, 2.45) is 0 Å². The summed E-state index contributed by atoms with van der Waals surface area (Å²) in [5, 5.41) is 11.8. The summed E-state index contributed by atoms with van der Waals surface area (Å²) in [4.78, 5) is 23.4. The normalized spacial score (nSPS) is 10.1. The highest BCUT2D eigenvalue weighted by Gasteiger charge is 2.14. The predicted molar refractivity (Wildman–Crippen MR) is 95.5 cm³/mol. The van der Waals surface area contributed by atoms with Crippen LogP contribution < -0.4 is 19.5 Å². The minimum atomic E-state index is -1.02. The van der Waals surface area contributed by atoms with Gasteiger partial charge in [-0.2, -0.15) is 0 Å². The number of hydrogen-bond donors (Lipinski definition) is 2. The predicted octanol–water partition coefficient (Wildman–Crippen LogP) is 2.38. The van der Waals surface area contributed by atoms with Crippen LogP contribution in [0.4, 0.5) is 0 Å². The number of methoxy groups -OCH3 is 3. The molecule has 0 saturated heterocycles. The Morgan fingerprint density at radius 2 is 1.69 bits per heavy atom. The van der Waals surface area contributed by atoms with Crippen molar-refractivity contribution in [3.8, 4) is 17.2 Å². The molecule has 0 bridgehead atoms.